The predicted molar refractivity (Wildman–Crippen MR) is 108 cm³/mol. The van der Waals surface area contributed by atoms with E-state index in [4.69, 9.17) is 0 Å². The average molecular weight is 437 g/mol. The van der Waals surface area contributed by atoms with Gasteiger partial charge in [-0.3, -0.25) is 14.8 Å². The first-order chi connectivity index (χ1) is 13.5. The van der Waals surface area contributed by atoms with Crippen LogP contribution in [-0.2, 0) is 4.79 Å². The van der Waals surface area contributed by atoms with Crippen molar-refractivity contribution in [1.82, 2.24) is 9.96 Å². The zero-order chi connectivity index (χ0) is 19.7. The molecular weight excluding hydrogens is 420 g/mol. The molecule has 0 aromatic heterocycles. The van der Waals surface area contributed by atoms with Gasteiger partial charge in [0.1, 0.15) is 6.54 Å². The maximum Gasteiger partial charge on any atom is 0.267 e. The highest BCUT2D eigenvalue weighted by Crippen LogP contribution is 2.32. The van der Waals surface area contributed by atoms with E-state index in [-0.39, 0.29) is 12.5 Å². The average Bonchev–Trinajstić information content (AvgIpc) is 3.03. The van der Waals surface area contributed by atoms with Crippen molar-refractivity contribution < 1.29 is 14.8 Å². The third kappa shape index (κ3) is 3.44. The summed E-state index contributed by atoms with van der Waals surface area (Å²) in [4.78, 5) is 26.6. The van der Waals surface area contributed by atoms with Crippen molar-refractivity contribution in [2.45, 2.75) is 6.17 Å². The normalized spacial score (nSPS) is 16.5. The van der Waals surface area contributed by atoms with Crippen molar-refractivity contribution in [2.75, 3.05) is 6.54 Å². The van der Waals surface area contributed by atoms with Gasteiger partial charge in [0, 0.05) is 10.0 Å². The number of benzene rings is 3. The second-order valence-corrected chi connectivity index (χ2v) is 7.46. The topological polar surface area (TPSA) is 60.9 Å². The summed E-state index contributed by atoms with van der Waals surface area (Å²) < 4.78 is 0.803. The van der Waals surface area contributed by atoms with Crippen LogP contribution in [0.25, 0.3) is 11.1 Å². The van der Waals surface area contributed by atoms with Crippen molar-refractivity contribution in [2.24, 2.45) is 0 Å². The van der Waals surface area contributed by atoms with Gasteiger partial charge in [-0.15, -0.1) is 0 Å². The lowest BCUT2D eigenvalue weighted by Gasteiger charge is -2.26. The first-order valence-corrected chi connectivity index (χ1v) is 9.57. The first-order valence-electron chi connectivity index (χ1n) is 8.77. The number of hydrogen-bond acceptors (Lipinski definition) is 3. The molecule has 1 aliphatic rings. The Hall–Kier alpha value is -2.96. The number of nitrogens with zero attached hydrogens (tertiary/aromatic N) is 2. The minimum Gasteiger partial charge on any atom is -0.302 e. The van der Waals surface area contributed by atoms with Crippen molar-refractivity contribution in [3.63, 3.8) is 0 Å². The van der Waals surface area contributed by atoms with Gasteiger partial charge < -0.3 is 4.90 Å². The fourth-order valence-electron chi connectivity index (χ4n) is 3.35. The first kappa shape index (κ1) is 18.4. The van der Waals surface area contributed by atoms with Gasteiger partial charge in [-0.25, -0.2) is 0 Å². The zero-order valence-electron chi connectivity index (χ0n) is 14.8. The van der Waals surface area contributed by atoms with Crippen LogP contribution in [0.5, 0.6) is 0 Å². The highest BCUT2D eigenvalue weighted by atomic mass is 79.9. The molecule has 0 radical (unpaired) electrons. The van der Waals surface area contributed by atoms with E-state index in [0.29, 0.717) is 16.2 Å². The largest absolute Gasteiger partial charge is 0.302 e. The lowest BCUT2D eigenvalue weighted by atomic mass is 10.0. The highest BCUT2D eigenvalue weighted by molar-refractivity contribution is 9.10. The van der Waals surface area contributed by atoms with E-state index >= 15 is 0 Å². The molecule has 28 heavy (non-hydrogen) atoms. The Bertz CT molecular complexity index is 1020. The molecule has 140 valence electrons. The predicted octanol–water partition coefficient (Wildman–Crippen LogP) is 4.49. The maximum absolute atomic E-state index is 13.1. The molecule has 2 amide bonds. The molecule has 6 heteroatoms. The van der Waals surface area contributed by atoms with Crippen LogP contribution in [-0.4, -0.2) is 33.5 Å². The number of carbonyl (C=O) groups is 2. The number of rotatable bonds is 3. The van der Waals surface area contributed by atoms with E-state index in [1.807, 2.05) is 48.5 Å². The molecule has 5 nitrogen and oxygen atoms in total. The van der Waals surface area contributed by atoms with Gasteiger partial charge in [0.15, 0.2) is 6.17 Å². The Labute approximate surface area is 170 Å². The van der Waals surface area contributed by atoms with E-state index in [9.17, 15) is 14.8 Å². The quantitative estimate of drug-likeness (QED) is 0.615. The number of hydroxylamine groups is 2. The minimum atomic E-state index is -0.855. The maximum atomic E-state index is 13.1. The Morgan fingerprint density at radius 1 is 0.929 bits per heavy atom. The summed E-state index contributed by atoms with van der Waals surface area (Å²) in [5.74, 6) is -0.825. The smallest absolute Gasteiger partial charge is 0.267 e. The van der Waals surface area contributed by atoms with Crippen molar-refractivity contribution >= 4 is 27.7 Å². The summed E-state index contributed by atoms with van der Waals surface area (Å²) in [5.41, 5.74) is 3.17. The van der Waals surface area contributed by atoms with Crippen LogP contribution >= 0.6 is 15.9 Å². The van der Waals surface area contributed by atoms with Crippen LogP contribution in [0.2, 0.25) is 0 Å². The monoisotopic (exact) mass is 436 g/mol. The molecule has 0 saturated carbocycles. The number of hydrogen-bond donors (Lipinski definition) is 1. The van der Waals surface area contributed by atoms with Crippen LogP contribution < -0.4 is 0 Å². The van der Waals surface area contributed by atoms with Crippen LogP contribution in [0.4, 0.5) is 0 Å². The van der Waals surface area contributed by atoms with Crippen LogP contribution in [0.1, 0.15) is 22.1 Å². The molecule has 1 heterocycles. The summed E-state index contributed by atoms with van der Waals surface area (Å²) in [6, 6.07) is 24.3. The summed E-state index contributed by atoms with van der Waals surface area (Å²) in [5, 5.41) is 10.9. The highest BCUT2D eigenvalue weighted by Gasteiger charge is 2.41. The van der Waals surface area contributed by atoms with Gasteiger partial charge in [-0.1, -0.05) is 70.5 Å². The second-order valence-electron chi connectivity index (χ2n) is 6.54. The molecule has 1 atom stereocenters. The minimum absolute atomic E-state index is 0.174. The molecule has 1 unspecified atom stereocenters. The lowest BCUT2D eigenvalue weighted by molar-refractivity contribution is -0.168. The molecule has 3 aromatic carbocycles. The van der Waals surface area contributed by atoms with Gasteiger partial charge in [0.05, 0.1) is 0 Å². The SMILES string of the molecule is O=C1CN(C(=O)c2ccc(-c3ccccc3)cc2)C(c2cccc(Br)c2)N1O. The summed E-state index contributed by atoms with van der Waals surface area (Å²) in [7, 11) is 0. The van der Waals surface area contributed by atoms with E-state index < -0.39 is 12.1 Å². The van der Waals surface area contributed by atoms with Crippen molar-refractivity contribution in [1.29, 1.82) is 0 Å². The molecular formula is C22H17BrN2O3. The fourth-order valence-corrected chi connectivity index (χ4v) is 3.76. The zero-order valence-corrected chi connectivity index (χ0v) is 16.4. The third-order valence-corrected chi connectivity index (χ3v) is 5.23. The third-order valence-electron chi connectivity index (χ3n) is 4.73. The van der Waals surface area contributed by atoms with E-state index in [2.05, 4.69) is 15.9 Å². The van der Waals surface area contributed by atoms with Gasteiger partial charge in [0.2, 0.25) is 0 Å². The Balaban J connectivity index is 1.63. The van der Waals surface area contributed by atoms with Crippen LogP contribution in [0.3, 0.4) is 0 Å². The molecule has 1 fully saturated rings. The van der Waals surface area contributed by atoms with Crippen molar-refractivity contribution in [3.8, 4) is 11.1 Å². The van der Waals surface area contributed by atoms with Gasteiger partial charge >= 0.3 is 0 Å². The molecule has 1 N–H and O–H groups in total. The fraction of sp³-hybridized carbons (Fsp3) is 0.0909. The lowest BCUT2D eigenvalue weighted by Crippen LogP contribution is -2.34. The standard InChI is InChI=1S/C22H17BrN2O3/c23-19-8-4-7-18(13-19)21-24(14-20(26)25(21)28)22(27)17-11-9-16(10-12-17)15-5-2-1-3-6-15/h1-13,21,28H,14H2. The molecule has 4 rings (SSSR count). The number of amides is 2. The van der Waals surface area contributed by atoms with E-state index in [0.717, 1.165) is 15.6 Å². The van der Waals surface area contributed by atoms with Gasteiger partial charge in [0.25, 0.3) is 11.8 Å². The van der Waals surface area contributed by atoms with E-state index in [1.54, 1.807) is 30.3 Å². The Morgan fingerprint density at radius 2 is 1.61 bits per heavy atom. The molecule has 0 spiro atoms. The van der Waals surface area contributed by atoms with Crippen LogP contribution in [0.15, 0.2) is 83.3 Å². The molecule has 1 aliphatic heterocycles. The van der Waals surface area contributed by atoms with Gasteiger partial charge in [-0.2, -0.15) is 5.06 Å². The summed E-state index contributed by atoms with van der Waals surface area (Å²) in [6.07, 6.45) is -0.855. The Morgan fingerprint density at radius 3 is 2.29 bits per heavy atom. The Kier molecular flexibility index (Phi) is 4.98. The summed E-state index contributed by atoms with van der Waals surface area (Å²) >= 11 is 3.39. The number of halogens is 1. The van der Waals surface area contributed by atoms with Crippen molar-refractivity contribution in [3.05, 3.63) is 94.5 Å². The van der Waals surface area contributed by atoms with Crippen LogP contribution in [0, 0.1) is 0 Å². The molecule has 0 aliphatic carbocycles. The number of carbonyl (C=O) groups excluding carboxylic acids is 2. The molecule has 1 saturated heterocycles. The van der Waals surface area contributed by atoms with Gasteiger partial charge in [-0.05, 0) is 41.0 Å². The second kappa shape index (κ2) is 7.58. The van der Waals surface area contributed by atoms with E-state index in [1.165, 1.54) is 4.90 Å². The summed E-state index contributed by atoms with van der Waals surface area (Å²) in [6.45, 7) is -0.174. The molecule has 0 bridgehead atoms. The molecule has 3 aromatic rings.